The Morgan fingerprint density at radius 1 is 1.41 bits per heavy atom. The molecule has 1 aromatic carbocycles. The molecule has 0 bridgehead atoms. The molecular weight excluding hydrogens is 210 g/mol. The molecule has 0 radical (unpaired) electrons. The Balaban J connectivity index is 3.08. The molecule has 2 heteroatoms. The first-order valence-electron chi connectivity index (χ1n) is 6.11. The van der Waals surface area contributed by atoms with Gasteiger partial charge in [-0.3, -0.25) is 0 Å². The Morgan fingerprint density at radius 2 is 2.12 bits per heavy atom. The number of hydrogen-bond donors (Lipinski definition) is 2. The fraction of sp³-hybridized carbons (Fsp3) is 0.467. The molecule has 0 spiro atoms. The van der Waals surface area contributed by atoms with Crippen LogP contribution in [0.25, 0.3) is 0 Å². The van der Waals surface area contributed by atoms with E-state index in [-0.39, 0.29) is 18.6 Å². The van der Waals surface area contributed by atoms with E-state index in [1.165, 1.54) is 16.7 Å². The van der Waals surface area contributed by atoms with Crippen LogP contribution in [0.1, 0.15) is 29.0 Å². The molecule has 0 fully saturated rings. The zero-order valence-electron chi connectivity index (χ0n) is 11.0. The lowest BCUT2D eigenvalue weighted by Crippen LogP contribution is -2.31. The average Bonchev–Trinajstić information content (AvgIpc) is 2.30. The number of hydrogen-bond acceptors (Lipinski definition) is 2. The lowest BCUT2D eigenvalue weighted by Gasteiger charge is -2.25. The van der Waals surface area contributed by atoms with Gasteiger partial charge in [0.2, 0.25) is 0 Å². The van der Waals surface area contributed by atoms with Crippen LogP contribution in [0.3, 0.4) is 0 Å². The van der Waals surface area contributed by atoms with Gasteiger partial charge < -0.3 is 10.4 Å². The summed E-state index contributed by atoms with van der Waals surface area (Å²) in [5, 5.41) is 12.5. The predicted molar refractivity (Wildman–Crippen MR) is 73.4 cm³/mol. The molecule has 17 heavy (non-hydrogen) atoms. The van der Waals surface area contributed by atoms with Crippen LogP contribution in [0.4, 0.5) is 0 Å². The quantitative estimate of drug-likeness (QED) is 0.740. The standard InChI is InChI=1S/C15H23NO/c1-5-15(16-4)14(8-9-17)13-7-6-11(2)10-12(13)3/h5-7,10,14-17H,1,8-9H2,2-4H3. The first kappa shape index (κ1) is 13.9. The second-order valence-electron chi connectivity index (χ2n) is 4.53. The molecule has 2 N–H and O–H groups in total. The summed E-state index contributed by atoms with van der Waals surface area (Å²) in [5.41, 5.74) is 3.85. The molecule has 2 unspecified atom stereocenters. The van der Waals surface area contributed by atoms with Gasteiger partial charge in [-0.05, 0) is 38.4 Å². The van der Waals surface area contributed by atoms with Crippen molar-refractivity contribution >= 4 is 0 Å². The average molecular weight is 233 g/mol. The van der Waals surface area contributed by atoms with Gasteiger partial charge in [0.15, 0.2) is 0 Å². The SMILES string of the molecule is C=CC(NC)C(CCO)c1ccc(C)cc1C. The maximum Gasteiger partial charge on any atom is 0.0437 e. The smallest absolute Gasteiger partial charge is 0.0437 e. The molecule has 0 amide bonds. The summed E-state index contributed by atoms with van der Waals surface area (Å²) in [6, 6.07) is 6.68. The number of benzene rings is 1. The van der Waals surface area contributed by atoms with Crippen molar-refractivity contribution in [2.24, 2.45) is 0 Å². The molecular formula is C15H23NO. The van der Waals surface area contributed by atoms with Gasteiger partial charge in [0, 0.05) is 18.6 Å². The van der Waals surface area contributed by atoms with Crippen molar-refractivity contribution in [1.29, 1.82) is 0 Å². The number of aliphatic hydroxyl groups is 1. The fourth-order valence-electron chi connectivity index (χ4n) is 2.39. The molecule has 0 aromatic heterocycles. The van der Waals surface area contributed by atoms with E-state index >= 15 is 0 Å². The van der Waals surface area contributed by atoms with Gasteiger partial charge >= 0.3 is 0 Å². The van der Waals surface area contributed by atoms with Gasteiger partial charge in [0.25, 0.3) is 0 Å². The van der Waals surface area contributed by atoms with Gasteiger partial charge in [-0.2, -0.15) is 0 Å². The number of likely N-dealkylation sites (N-methyl/N-ethyl adjacent to an activating group) is 1. The van der Waals surface area contributed by atoms with Crippen molar-refractivity contribution in [3.63, 3.8) is 0 Å². The van der Waals surface area contributed by atoms with E-state index in [2.05, 4.69) is 43.9 Å². The monoisotopic (exact) mass is 233 g/mol. The van der Waals surface area contributed by atoms with Crippen LogP contribution < -0.4 is 5.32 Å². The fourth-order valence-corrected chi connectivity index (χ4v) is 2.39. The molecule has 2 atom stereocenters. The number of rotatable bonds is 6. The first-order chi connectivity index (χ1) is 8.13. The Labute approximate surface area is 104 Å². The lowest BCUT2D eigenvalue weighted by atomic mass is 9.85. The van der Waals surface area contributed by atoms with Gasteiger partial charge in [0.05, 0.1) is 0 Å². The van der Waals surface area contributed by atoms with Gasteiger partial charge in [-0.25, -0.2) is 0 Å². The van der Waals surface area contributed by atoms with Crippen LogP contribution in [0.2, 0.25) is 0 Å². The van der Waals surface area contributed by atoms with E-state index in [9.17, 15) is 5.11 Å². The van der Waals surface area contributed by atoms with Crippen LogP contribution in [0.15, 0.2) is 30.9 Å². The third-order valence-electron chi connectivity index (χ3n) is 3.29. The second-order valence-corrected chi connectivity index (χ2v) is 4.53. The van der Waals surface area contributed by atoms with Crippen molar-refractivity contribution in [3.05, 3.63) is 47.5 Å². The van der Waals surface area contributed by atoms with Gasteiger partial charge in [-0.1, -0.05) is 29.8 Å². The Kier molecular flexibility index (Phi) is 5.39. The van der Waals surface area contributed by atoms with E-state index < -0.39 is 0 Å². The van der Waals surface area contributed by atoms with Crippen LogP contribution in [-0.2, 0) is 0 Å². The minimum absolute atomic E-state index is 0.198. The molecule has 94 valence electrons. The molecule has 0 aliphatic carbocycles. The molecule has 2 nitrogen and oxygen atoms in total. The van der Waals surface area contributed by atoms with Crippen molar-refractivity contribution in [3.8, 4) is 0 Å². The number of aliphatic hydroxyl groups excluding tert-OH is 1. The molecule has 0 heterocycles. The lowest BCUT2D eigenvalue weighted by molar-refractivity contribution is 0.268. The second kappa shape index (κ2) is 6.58. The normalized spacial score (nSPS) is 14.4. The van der Waals surface area contributed by atoms with E-state index in [4.69, 9.17) is 0 Å². The van der Waals surface area contributed by atoms with Gasteiger partial charge in [0.1, 0.15) is 0 Å². The minimum Gasteiger partial charge on any atom is -0.396 e. The molecule has 0 aliphatic heterocycles. The zero-order chi connectivity index (χ0) is 12.8. The minimum atomic E-state index is 0.198. The summed E-state index contributed by atoms with van der Waals surface area (Å²) < 4.78 is 0. The Morgan fingerprint density at radius 3 is 2.59 bits per heavy atom. The summed E-state index contributed by atoms with van der Waals surface area (Å²) in [7, 11) is 1.93. The summed E-state index contributed by atoms with van der Waals surface area (Å²) >= 11 is 0. The summed E-state index contributed by atoms with van der Waals surface area (Å²) in [4.78, 5) is 0. The van der Waals surface area contributed by atoms with Crippen molar-refractivity contribution in [1.82, 2.24) is 5.32 Å². The Bertz CT molecular complexity index is 373. The highest BCUT2D eigenvalue weighted by Gasteiger charge is 2.20. The summed E-state index contributed by atoms with van der Waals surface area (Å²) in [5.74, 6) is 0.281. The van der Waals surface area contributed by atoms with Crippen LogP contribution in [0.5, 0.6) is 0 Å². The third-order valence-corrected chi connectivity index (χ3v) is 3.29. The van der Waals surface area contributed by atoms with Crippen LogP contribution in [0, 0.1) is 13.8 Å². The summed E-state index contributed by atoms with van der Waals surface area (Å²) in [6.07, 6.45) is 2.67. The highest BCUT2D eigenvalue weighted by molar-refractivity contribution is 5.34. The molecule has 0 aliphatic rings. The first-order valence-corrected chi connectivity index (χ1v) is 6.11. The maximum absolute atomic E-state index is 9.22. The number of aryl methyl sites for hydroxylation is 2. The van der Waals surface area contributed by atoms with Crippen LogP contribution >= 0.6 is 0 Å². The topological polar surface area (TPSA) is 32.3 Å². The van der Waals surface area contributed by atoms with E-state index in [0.29, 0.717) is 0 Å². The van der Waals surface area contributed by atoms with Crippen molar-refractivity contribution in [2.75, 3.05) is 13.7 Å². The van der Waals surface area contributed by atoms with E-state index in [0.717, 1.165) is 6.42 Å². The Hall–Kier alpha value is -1.12. The third kappa shape index (κ3) is 3.42. The summed E-state index contributed by atoms with van der Waals surface area (Å²) in [6.45, 7) is 8.29. The highest BCUT2D eigenvalue weighted by atomic mass is 16.3. The predicted octanol–water partition coefficient (Wildman–Crippen LogP) is 2.54. The molecule has 0 saturated carbocycles. The van der Waals surface area contributed by atoms with E-state index in [1.54, 1.807) is 0 Å². The van der Waals surface area contributed by atoms with Crippen LogP contribution in [-0.4, -0.2) is 24.8 Å². The molecule has 0 saturated heterocycles. The maximum atomic E-state index is 9.22. The van der Waals surface area contributed by atoms with Gasteiger partial charge in [-0.15, -0.1) is 6.58 Å². The van der Waals surface area contributed by atoms with Crippen molar-refractivity contribution in [2.45, 2.75) is 32.2 Å². The molecule has 1 aromatic rings. The van der Waals surface area contributed by atoms with Crippen molar-refractivity contribution < 1.29 is 5.11 Å². The van der Waals surface area contributed by atoms with E-state index in [1.807, 2.05) is 13.1 Å². The number of nitrogens with one attached hydrogen (secondary N) is 1. The highest BCUT2D eigenvalue weighted by Crippen LogP contribution is 2.27. The molecule has 1 rings (SSSR count). The zero-order valence-corrected chi connectivity index (χ0v) is 11.0. The largest absolute Gasteiger partial charge is 0.396 e.